The zero-order valence-electron chi connectivity index (χ0n) is 16.3. The van der Waals surface area contributed by atoms with Crippen LogP contribution in [-0.4, -0.2) is 30.8 Å². The molecule has 2 aromatic rings. The Morgan fingerprint density at radius 1 is 1.14 bits per heavy atom. The first kappa shape index (κ1) is 20.2. The number of nitro groups is 1. The molecule has 0 aromatic heterocycles. The van der Waals surface area contributed by atoms with Crippen molar-refractivity contribution in [2.75, 3.05) is 19.9 Å². The highest BCUT2D eigenvalue weighted by Gasteiger charge is 2.13. The molecule has 29 heavy (non-hydrogen) atoms. The Balaban J connectivity index is 1.57. The molecule has 2 aromatic carbocycles. The van der Waals surface area contributed by atoms with Gasteiger partial charge in [-0.1, -0.05) is 30.4 Å². The van der Waals surface area contributed by atoms with E-state index >= 15 is 0 Å². The molecule has 0 radical (unpaired) electrons. The molecular weight excluding hydrogens is 372 g/mol. The summed E-state index contributed by atoms with van der Waals surface area (Å²) in [5, 5.41) is 17.3. The van der Waals surface area contributed by atoms with Gasteiger partial charge in [-0.3, -0.25) is 10.1 Å². The summed E-state index contributed by atoms with van der Waals surface area (Å²) in [6.45, 7) is 7.80. The second kappa shape index (κ2) is 9.59. The van der Waals surface area contributed by atoms with Gasteiger partial charge in [-0.2, -0.15) is 0 Å². The van der Waals surface area contributed by atoms with Crippen molar-refractivity contribution in [1.82, 2.24) is 10.6 Å². The van der Waals surface area contributed by atoms with Gasteiger partial charge in [0.25, 0.3) is 5.69 Å². The monoisotopic (exact) mass is 396 g/mol. The van der Waals surface area contributed by atoms with Gasteiger partial charge in [-0.15, -0.1) is 0 Å². The van der Waals surface area contributed by atoms with Crippen LogP contribution in [0.25, 0.3) is 0 Å². The van der Waals surface area contributed by atoms with Gasteiger partial charge < -0.3 is 20.1 Å². The molecule has 0 fully saturated rings. The summed E-state index contributed by atoms with van der Waals surface area (Å²) >= 11 is 0. The predicted molar refractivity (Wildman–Crippen MR) is 111 cm³/mol. The molecule has 1 heterocycles. The molecule has 3 rings (SSSR count). The van der Waals surface area contributed by atoms with Crippen molar-refractivity contribution in [3.8, 4) is 11.5 Å². The zero-order chi connectivity index (χ0) is 20.6. The van der Waals surface area contributed by atoms with Gasteiger partial charge >= 0.3 is 0 Å². The standard InChI is InChI=1S/C21H24N4O4/c1-15(2)12-23-21(24-13-17-3-6-18(7-4-17)25(26)27)22-10-9-16-5-8-19-20(11-16)29-14-28-19/h3-8,11H,1,9-10,12-14H2,2H3,(H2,22,23,24). The topological polar surface area (TPSA) is 98.0 Å². The maximum Gasteiger partial charge on any atom is 0.269 e. The normalized spacial score (nSPS) is 12.5. The highest BCUT2D eigenvalue weighted by Crippen LogP contribution is 2.32. The summed E-state index contributed by atoms with van der Waals surface area (Å²) in [5.74, 6) is 2.21. The van der Waals surface area contributed by atoms with Gasteiger partial charge in [0.05, 0.1) is 11.5 Å². The van der Waals surface area contributed by atoms with Crippen LogP contribution in [0.3, 0.4) is 0 Å². The molecular formula is C21H24N4O4. The molecule has 0 atom stereocenters. The SMILES string of the molecule is C=C(C)CNC(=NCc1ccc([N+](=O)[O-])cc1)NCCc1ccc2c(c1)OCO2. The largest absolute Gasteiger partial charge is 0.454 e. The molecule has 8 nitrogen and oxygen atoms in total. The fourth-order valence-corrected chi connectivity index (χ4v) is 2.72. The van der Waals surface area contributed by atoms with Crippen molar-refractivity contribution in [2.45, 2.75) is 19.9 Å². The van der Waals surface area contributed by atoms with E-state index in [2.05, 4.69) is 22.2 Å². The second-order valence-corrected chi connectivity index (χ2v) is 6.76. The molecule has 1 aliphatic rings. The summed E-state index contributed by atoms with van der Waals surface area (Å²) in [6, 6.07) is 12.3. The molecule has 0 amide bonds. The number of hydrogen-bond acceptors (Lipinski definition) is 5. The van der Waals surface area contributed by atoms with E-state index in [1.807, 2.05) is 25.1 Å². The Bertz CT molecular complexity index is 909. The summed E-state index contributed by atoms with van der Waals surface area (Å²) in [5.41, 5.74) is 3.09. The van der Waals surface area contributed by atoms with E-state index in [1.165, 1.54) is 12.1 Å². The van der Waals surface area contributed by atoms with Crippen LogP contribution in [0.1, 0.15) is 18.1 Å². The van der Waals surface area contributed by atoms with Crippen molar-refractivity contribution in [3.05, 3.63) is 75.9 Å². The number of aliphatic imine (C=N–C) groups is 1. The third kappa shape index (κ3) is 5.97. The second-order valence-electron chi connectivity index (χ2n) is 6.76. The first-order valence-electron chi connectivity index (χ1n) is 9.29. The van der Waals surface area contributed by atoms with Crippen LogP contribution in [0.5, 0.6) is 11.5 Å². The minimum absolute atomic E-state index is 0.0696. The Hall–Kier alpha value is -3.55. The maximum atomic E-state index is 10.8. The Morgan fingerprint density at radius 3 is 2.59 bits per heavy atom. The first-order valence-corrected chi connectivity index (χ1v) is 9.29. The molecule has 8 heteroatoms. The highest BCUT2D eigenvalue weighted by molar-refractivity contribution is 5.80. The van der Waals surface area contributed by atoms with Crippen LogP contribution in [0.2, 0.25) is 0 Å². The number of fused-ring (bicyclic) bond motifs is 1. The van der Waals surface area contributed by atoms with E-state index in [9.17, 15) is 10.1 Å². The van der Waals surface area contributed by atoms with Crippen LogP contribution in [0.4, 0.5) is 5.69 Å². The Kier molecular flexibility index (Phi) is 6.67. The lowest BCUT2D eigenvalue weighted by Crippen LogP contribution is -2.39. The summed E-state index contributed by atoms with van der Waals surface area (Å²) < 4.78 is 10.7. The fraction of sp³-hybridized carbons (Fsp3) is 0.286. The number of ether oxygens (including phenoxy) is 2. The van der Waals surface area contributed by atoms with Crippen LogP contribution < -0.4 is 20.1 Å². The van der Waals surface area contributed by atoms with E-state index in [4.69, 9.17) is 9.47 Å². The van der Waals surface area contributed by atoms with Crippen LogP contribution in [-0.2, 0) is 13.0 Å². The molecule has 1 aliphatic heterocycles. The molecule has 152 valence electrons. The number of nitrogens with one attached hydrogen (secondary N) is 2. The van der Waals surface area contributed by atoms with E-state index < -0.39 is 4.92 Å². The van der Waals surface area contributed by atoms with E-state index in [0.29, 0.717) is 25.6 Å². The van der Waals surface area contributed by atoms with Crippen molar-refractivity contribution >= 4 is 11.6 Å². The number of nitrogens with zero attached hydrogens (tertiary/aromatic N) is 2. The number of nitro benzene ring substituents is 1. The number of hydrogen-bond donors (Lipinski definition) is 2. The van der Waals surface area contributed by atoms with Crippen molar-refractivity contribution in [2.24, 2.45) is 4.99 Å². The number of rotatable bonds is 8. The minimum Gasteiger partial charge on any atom is -0.454 e. The van der Waals surface area contributed by atoms with Gasteiger partial charge in [0.15, 0.2) is 17.5 Å². The van der Waals surface area contributed by atoms with Crippen molar-refractivity contribution in [3.63, 3.8) is 0 Å². The van der Waals surface area contributed by atoms with Crippen LogP contribution in [0.15, 0.2) is 59.6 Å². The van der Waals surface area contributed by atoms with Crippen molar-refractivity contribution in [1.29, 1.82) is 0 Å². The van der Waals surface area contributed by atoms with E-state index in [1.54, 1.807) is 12.1 Å². The number of benzene rings is 2. The van der Waals surface area contributed by atoms with E-state index in [-0.39, 0.29) is 12.5 Å². The highest BCUT2D eigenvalue weighted by atomic mass is 16.7. The quantitative estimate of drug-likeness (QED) is 0.234. The maximum absolute atomic E-state index is 10.8. The summed E-state index contributed by atoms with van der Waals surface area (Å²) in [6.07, 6.45) is 0.794. The fourth-order valence-electron chi connectivity index (χ4n) is 2.72. The minimum atomic E-state index is -0.412. The van der Waals surface area contributed by atoms with Gasteiger partial charge in [-0.05, 0) is 36.6 Å². The average Bonchev–Trinajstić information content (AvgIpc) is 3.17. The summed E-state index contributed by atoms with van der Waals surface area (Å²) in [7, 11) is 0. The lowest BCUT2D eigenvalue weighted by molar-refractivity contribution is -0.384. The smallest absolute Gasteiger partial charge is 0.269 e. The van der Waals surface area contributed by atoms with E-state index in [0.717, 1.165) is 34.6 Å². The molecule has 0 spiro atoms. The molecule has 0 saturated heterocycles. The lowest BCUT2D eigenvalue weighted by Gasteiger charge is -2.13. The molecule has 2 N–H and O–H groups in total. The third-order valence-corrected chi connectivity index (χ3v) is 4.27. The Labute approximate surface area is 169 Å². The number of guanidine groups is 1. The predicted octanol–water partition coefficient (Wildman–Crippen LogP) is 3.18. The molecule has 0 saturated carbocycles. The third-order valence-electron chi connectivity index (χ3n) is 4.27. The lowest BCUT2D eigenvalue weighted by atomic mass is 10.1. The van der Waals surface area contributed by atoms with Gasteiger partial charge in [0, 0.05) is 25.2 Å². The summed E-state index contributed by atoms with van der Waals surface area (Å²) in [4.78, 5) is 14.9. The van der Waals surface area contributed by atoms with Crippen LogP contribution in [0, 0.1) is 10.1 Å². The zero-order valence-corrected chi connectivity index (χ0v) is 16.3. The van der Waals surface area contributed by atoms with Gasteiger partial charge in [0.1, 0.15) is 0 Å². The number of non-ortho nitro benzene ring substituents is 1. The van der Waals surface area contributed by atoms with Gasteiger partial charge in [-0.25, -0.2) is 4.99 Å². The molecule has 0 aliphatic carbocycles. The van der Waals surface area contributed by atoms with Crippen molar-refractivity contribution < 1.29 is 14.4 Å². The van der Waals surface area contributed by atoms with Gasteiger partial charge in [0.2, 0.25) is 6.79 Å². The first-order chi connectivity index (χ1) is 14.0. The molecule has 0 bridgehead atoms. The Morgan fingerprint density at radius 2 is 1.86 bits per heavy atom. The van der Waals surface area contributed by atoms with Crippen LogP contribution >= 0.6 is 0 Å². The molecule has 0 unspecified atom stereocenters. The average molecular weight is 396 g/mol.